The van der Waals surface area contributed by atoms with Gasteiger partial charge in [0.15, 0.2) is 5.78 Å². The van der Waals surface area contributed by atoms with Crippen molar-refractivity contribution in [2.24, 2.45) is 0 Å². The van der Waals surface area contributed by atoms with Crippen LogP contribution in [-0.4, -0.2) is 30.4 Å². The van der Waals surface area contributed by atoms with Crippen LogP contribution < -0.4 is 4.72 Å². The van der Waals surface area contributed by atoms with Crippen molar-refractivity contribution in [3.63, 3.8) is 0 Å². The van der Waals surface area contributed by atoms with Gasteiger partial charge in [0.1, 0.15) is 5.82 Å². The lowest BCUT2D eigenvalue weighted by atomic mass is 10.1. The van der Waals surface area contributed by atoms with Crippen LogP contribution in [0.25, 0.3) is 0 Å². The first kappa shape index (κ1) is 13.3. The van der Waals surface area contributed by atoms with Gasteiger partial charge in [-0.2, -0.15) is 0 Å². The molecule has 0 aliphatic rings. The van der Waals surface area contributed by atoms with E-state index in [9.17, 15) is 13.2 Å². The van der Waals surface area contributed by atoms with Crippen LogP contribution in [-0.2, 0) is 16.4 Å². The van der Waals surface area contributed by atoms with Gasteiger partial charge in [0.25, 0.3) is 0 Å². The summed E-state index contributed by atoms with van der Waals surface area (Å²) in [5, 5.41) is 0. The zero-order valence-electron chi connectivity index (χ0n) is 10.3. The highest BCUT2D eigenvalue weighted by molar-refractivity contribution is 7.92. The molecule has 0 amide bonds. The first-order chi connectivity index (χ1) is 8.94. The average Bonchev–Trinajstić information content (AvgIpc) is 2.80. The van der Waals surface area contributed by atoms with Gasteiger partial charge in [-0.15, -0.1) is 0 Å². The molecule has 2 rings (SSSR count). The van der Waals surface area contributed by atoms with Gasteiger partial charge in [0.05, 0.1) is 12.7 Å². The highest BCUT2D eigenvalue weighted by Gasteiger charge is 2.09. The van der Waals surface area contributed by atoms with Crippen LogP contribution in [0.15, 0.2) is 36.7 Å². The number of sulfonamides is 1. The summed E-state index contributed by atoms with van der Waals surface area (Å²) in [6.07, 6.45) is 4.50. The number of hydrogen-bond acceptors (Lipinski definition) is 4. The van der Waals surface area contributed by atoms with E-state index >= 15 is 0 Å². The minimum atomic E-state index is -3.30. The summed E-state index contributed by atoms with van der Waals surface area (Å²) >= 11 is 0. The number of benzene rings is 1. The number of hydrogen-bond donors (Lipinski definition) is 2. The summed E-state index contributed by atoms with van der Waals surface area (Å²) in [6, 6.07) is 6.27. The van der Waals surface area contributed by atoms with Crippen molar-refractivity contribution in [1.82, 2.24) is 9.97 Å². The largest absolute Gasteiger partial charge is 0.348 e. The van der Waals surface area contributed by atoms with Crippen LogP contribution in [0.2, 0.25) is 0 Å². The zero-order valence-corrected chi connectivity index (χ0v) is 11.1. The lowest BCUT2D eigenvalue weighted by Gasteiger charge is -2.04. The number of imidazole rings is 1. The second kappa shape index (κ2) is 5.23. The van der Waals surface area contributed by atoms with Crippen LogP contribution in [0, 0.1) is 0 Å². The summed E-state index contributed by atoms with van der Waals surface area (Å²) in [7, 11) is -3.30. The van der Waals surface area contributed by atoms with E-state index in [2.05, 4.69) is 14.7 Å². The van der Waals surface area contributed by atoms with Crippen molar-refractivity contribution in [3.05, 3.63) is 48.0 Å². The topological polar surface area (TPSA) is 91.9 Å². The van der Waals surface area contributed by atoms with Crippen molar-refractivity contribution in [1.29, 1.82) is 0 Å². The van der Waals surface area contributed by atoms with E-state index in [0.29, 0.717) is 17.1 Å². The fourth-order valence-electron chi connectivity index (χ4n) is 1.59. The fourth-order valence-corrected chi connectivity index (χ4v) is 2.15. The number of nitrogens with zero attached hydrogens (tertiary/aromatic N) is 1. The Balaban J connectivity index is 2.08. The van der Waals surface area contributed by atoms with E-state index in [1.165, 1.54) is 0 Å². The van der Waals surface area contributed by atoms with Gasteiger partial charge < -0.3 is 4.98 Å². The Labute approximate surface area is 110 Å². The van der Waals surface area contributed by atoms with E-state index < -0.39 is 10.0 Å². The second-order valence-corrected chi connectivity index (χ2v) is 5.84. The molecule has 0 aliphatic heterocycles. The predicted octanol–water partition coefficient (Wildman–Crippen LogP) is 1.21. The Morgan fingerprint density at radius 2 is 2.00 bits per heavy atom. The number of Topliss-reactive ketones (excluding diaryl/α,β-unsaturated/α-hetero) is 1. The summed E-state index contributed by atoms with van der Waals surface area (Å²) < 4.78 is 24.4. The maximum atomic E-state index is 11.9. The number of rotatable bonds is 5. The Hall–Kier alpha value is -2.15. The van der Waals surface area contributed by atoms with Crippen molar-refractivity contribution >= 4 is 21.5 Å². The zero-order chi connectivity index (χ0) is 13.9. The maximum Gasteiger partial charge on any atom is 0.229 e. The third-order valence-electron chi connectivity index (χ3n) is 2.39. The standard InChI is InChI=1S/C12H13N3O3S/c1-19(17,18)15-10-4-2-9(3-5-10)11(16)8-12-13-6-7-14-12/h2-7,15H,8H2,1H3,(H,13,14). The Morgan fingerprint density at radius 3 is 2.53 bits per heavy atom. The molecule has 7 heteroatoms. The van der Waals surface area contributed by atoms with Crippen molar-refractivity contribution in [3.8, 4) is 0 Å². The number of H-pyrrole nitrogens is 1. The molecule has 0 saturated carbocycles. The molecular weight excluding hydrogens is 266 g/mol. The number of carbonyl (C=O) groups is 1. The van der Waals surface area contributed by atoms with E-state index in [-0.39, 0.29) is 12.2 Å². The van der Waals surface area contributed by atoms with Gasteiger partial charge in [-0.1, -0.05) is 0 Å². The fraction of sp³-hybridized carbons (Fsp3) is 0.167. The SMILES string of the molecule is CS(=O)(=O)Nc1ccc(C(=O)Cc2ncc[nH]2)cc1. The third-order valence-corrected chi connectivity index (χ3v) is 3.00. The third kappa shape index (κ3) is 3.92. The van der Waals surface area contributed by atoms with Crippen molar-refractivity contribution in [2.45, 2.75) is 6.42 Å². The van der Waals surface area contributed by atoms with Crippen molar-refractivity contribution < 1.29 is 13.2 Å². The monoisotopic (exact) mass is 279 g/mol. The molecule has 0 aliphatic carbocycles. The number of carbonyl (C=O) groups excluding carboxylic acids is 1. The normalized spacial score (nSPS) is 11.2. The number of anilines is 1. The van der Waals surface area contributed by atoms with Gasteiger partial charge in [0.2, 0.25) is 10.0 Å². The highest BCUT2D eigenvalue weighted by atomic mass is 32.2. The Kier molecular flexibility index (Phi) is 3.66. The van der Waals surface area contributed by atoms with E-state index in [4.69, 9.17) is 0 Å². The Bertz CT molecular complexity index is 661. The van der Waals surface area contributed by atoms with E-state index in [1.54, 1.807) is 36.7 Å². The van der Waals surface area contributed by atoms with Crippen LogP contribution in [0.5, 0.6) is 0 Å². The van der Waals surface area contributed by atoms with E-state index in [0.717, 1.165) is 6.26 Å². The molecule has 0 saturated heterocycles. The minimum absolute atomic E-state index is 0.0825. The molecule has 2 N–H and O–H groups in total. The molecule has 0 atom stereocenters. The minimum Gasteiger partial charge on any atom is -0.348 e. The molecule has 100 valence electrons. The summed E-state index contributed by atoms with van der Waals surface area (Å²) in [5.41, 5.74) is 0.937. The lowest BCUT2D eigenvalue weighted by molar-refractivity contribution is 0.0991. The molecule has 0 radical (unpaired) electrons. The average molecular weight is 279 g/mol. The van der Waals surface area contributed by atoms with Crippen LogP contribution >= 0.6 is 0 Å². The molecule has 1 aromatic heterocycles. The first-order valence-electron chi connectivity index (χ1n) is 5.53. The van der Waals surface area contributed by atoms with Crippen molar-refractivity contribution in [2.75, 3.05) is 11.0 Å². The molecule has 1 aromatic carbocycles. The number of ketones is 1. The summed E-state index contributed by atoms with van der Waals surface area (Å²) in [5.74, 6) is 0.518. The maximum absolute atomic E-state index is 11.9. The van der Waals surface area contributed by atoms with Gasteiger partial charge in [-0.05, 0) is 24.3 Å². The van der Waals surface area contributed by atoms with Gasteiger partial charge >= 0.3 is 0 Å². The van der Waals surface area contributed by atoms with Crippen LogP contribution in [0.3, 0.4) is 0 Å². The number of nitrogens with one attached hydrogen (secondary N) is 2. The van der Waals surface area contributed by atoms with E-state index in [1.807, 2.05) is 0 Å². The molecule has 0 unspecified atom stereocenters. The number of aromatic nitrogens is 2. The summed E-state index contributed by atoms with van der Waals surface area (Å²) in [6.45, 7) is 0. The molecular formula is C12H13N3O3S. The van der Waals surface area contributed by atoms with Crippen LogP contribution in [0.1, 0.15) is 16.2 Å². The molecule has 19 heavy (non-hydrogen) atoms. The molecule has 0 fully saturated rings. The van der Waals surface area contributed by atoms with Gasteiger partial charge in [-0.3, -0.25) is 9.52 Å². The van der Waals surface area contributed by atoms with Gasteiger partial charge in [-0.25, -0.2) is 13.4 Å². The molecule has 6 nitrogen and oxygen atoms in total. The lowest BCUT2D eigenvalue weighted by Crippen LogP contribution is -2.10. The van der Waals surface area contributed by atoms with Crippen LogP contribution in [0.4, 0.5) is 5.69 Å². The Morgan fingerprint density at radius 1 is 1.32 bits per heavy atom. The molecule has 1 heterocycles. The molecule has 0 bridgehead atoms. The predicted molar refractivity (Wildman–Crippen MR) is 71.5 cm³/mol. The first-order valence-corrected chi connectivity index (χ1v) is 7.42. The molecule has 0 spiro atoms. The summed E-state index contributed by atoms with van der Waals surface area (Å²) in [4.78, 5) is 18.7. The quantitative estimate of drug-likeness (QED) is 0.805. The highest BCUT2D eigenvalue weighted by Crippen LogP contribution is 2.12. The number of aromatic amines is 1. The van der Waals surface area contributed by atoms with Gasteiger partial charge in [0, 0.05) is 23.6 Å². The molecule has 2 aromatic rings. The smallest absolute Gasteiger partial charge is 0.229 e. The second-order valence-electron chi connectivity index (χ2n) is 4.09.